The molecule has 2 aliphatic heterocycles. The van der Waals surface area contributed by atoms with E-state index in [1.807, 2.05) is 61.5 Å². The number of ether oxygens (including phenoxy) is 4. The molecule has 2 aliphatic rings. The summed E-state index contributed by atoms with van der Waals surface area (Å²) in [4.78, 5) is 15.3. The minimum absolute atomic E-state index is 0.252. The highest BCUT2D eigenvalue weighted by Crippen LogP contribution is 2.37. The fourth-order valence-electron chi connectivity index (χ4n) is 4.66. The van der Waals surface area contributed by atoms with Crippen molar-refractivity contribution in [3.63, 3.8) is 0 Å². The molecule has 6 rings (SSSR count). The van der Waals surface area contributed by atoms with E-state index in [0.717, 1.165) is 50.6 Å². The maximum absolute atomic E-state index is 13.1. The fourth-order valence-corrected chi connectivity index (χ4v) is 4.66. The van der Waals surface area contributed by atoms with E-state index in [-0.39, 0.29) is 12.4 Å². The summed E-state index contributed by atoms with van der Waals surface area (Å²) < 4.78 is 28.1. The first-order valence-electron chi connectivity index (χ1n) is 11.1. The second-order valence-corrected chi connectivity index (χ2v) is 8.49. The van der Waals surface area contributed by atoms with Gasteiger partial charge in [0.05, 0.1) is 18.2 Å². The van der Waals surface area contributed by atoms with Gasteiger partial charge in [-0.3, -0.25) is 4.90 Å². The lowest BCUT2D eigenvalue weighted by atomic mass is 9.97. The van der Waals surface area contributed by atoms with Gasteiger partial charge in [0.1, 0.15) is 23.8 Å². The molecule has 0 aliphatic carbocycles. The van der Waals surface area contributed by atoms with Crippen molar-refractivity contribution in [2.75, 3.05) is 20.6 Å². The van der Waals surface area contributed by atoms with Crippen LogP contribution < -0.4 is 24.6 Å². The Bertz CT molecular complexity index is 1460. The molecule has 0 fully saturated rings. The van der Waals surface area contributed by atoms with Crippen LogP contribution >= 0.6 is 0 Å². The number of fused-ring (bicyclic) bond motifs is 4. The zero-order valence-corrected chi connectivity index (χ0v) is 18.9. The third-order valence-corrected chi connectivity index (χ3v) is 6.40. The van der Waals surface area contributed by atoms with Crippen molar-refractivity contribution in [1.82, 2.24) is 4.90 Å². The highest BCUT2D eigenvalue weighted by molar-refractivity contribution is 5.90. The van der Waals surface area contributed by atoms with Crippen LogP contribution in [-0.2, 0) is 13.1 Å². The van der Waals surface area contributed by atoms with Gasteiger partial charge in [-0.25, -0.2) is 4.79 Å². The first kappa shape index (κ1) is 20.6. The molecule has 172 valence electrons. The summed E-state index contributed by atoms with van der Waals surface area (Å²) in [6.45, 7) is 3.92. The van der Waals surface area contributed by atoms with Crippen LogP contribution in [0.15, 0.2) is 63.8 Å². The van der Waals surface area contributed by atoms with Crippen molar-refractivity contribution in [2.45, 2.75) is 20.0 Å². The van der Waals surface area contributed by atoms with Crippen LogP contribution in [0.25, 0.3) is 22.1 Å². The van der Waals surface area contributed by atoms with Gasteiger partial charge in [-0.05, 0) is 60.0 Å². The average molecular weight is 457 g/mol. The molecule has 0 saturated heterocycles. The van der Waals surface area contributed by atoms with E-state index >= 15 is 0 Å². The van der Waals surface area contributed by atoms with Gasteiger partial charge in [0, 0.05) is 18.5 Å². The van der Waals surface area contributed by atoms with E-state index in [9.17, 15) is 4.79 Å². The van der Waals surface area contributed by atoms with Gasteiger partial charge < -0.3 is 23.4 Å². The second-order valence-electron chi connectivity index (χ2n) is 8.49. The molecule has 7 heteroatoms. The predicted octanol–water partition coefficient (Wildman–Crippen LogP) is 4.86. The average Bonchev–Trinajstić information content (AvgIpc) is 3.32. The van der Waals surface area contributed by atoms with Gasteiger partial charge >= 0.3 is 5.63 Å². The maximum Gasteiger partial charge on any atom is 0.344 e. The smallest absolute Gasteiger partial charge is 0.344 e. The molecule has 0 spiro atoms. The van der Waals surface area contributed by atoms with Gasteiger partial charge in [-0.1, -0.05) is 18.2 Å². The predicted molar refractivity (Wildman–Crippen MR) is 127 cm³/mol. The Morgan fingerprint density at radius 3 is 2.56 bits per heavy atom. The van der Waals surface area contributed by atoms with E-state index in [0.29, 0.717) is 31.0 Å². The van der Waals surface area contributed by atoms with Crippen LogP contribution in [0.3, 0.4) is 0 Å². The standard InChI is InChI=1S/C27H23NO6/c1-16-20-8-10-22-21(26(20)34-27(29)25(16)18-4-6-19(30-2)7-5-18)13-28(14-31-22)12-17-3-9-23-24(11-17)33-15-32-23/h3-11H,12-15H2,1-2H3. The number of hydrogen-bond acceptors (Lipinski definition) is 7. The third kappa shape index (κ3) is 3.45. The number of methoxy groups -OCH3 is 1. The first-order chi connectivity index (χ1) is 16.6. The molecule has 4 aromatic rings. The van der Waals surface area contributed by atoms with Gasteiger partial charge in [0.15, 0.2) is 11.5 Å². The Morgan fingerprint density at radius 2 is 1.74 bits per heavy atom. The lowest BCUT2D eigenvalue weighted by Gasteiger charge is -2.29. The zero-order chi connectivity index (χ0) is 23.2. The van der Waals surface area contributed by atoms with Crippen LogP contribution in [0.1, 0.15) is 16.7 Å². The Hall–Kier alpha value is -3.97. The minimum atomic E-state index is -0.364. The molecule has 0 bridgehead atoms. The molecule has 0 atom stereocenters. The minimum Gasteiger partial charge on any atom is -0.497 e. The molecule has 3 heterocycles. The van der Waals surface area contributed by atoms with Crippen LogP contribution in [0, 0.1) is 6.92 Å². The summed E-state index contributed by atoms with van der Waals surface area (Å²) in [5, 5.41) is 0.901. The van der Waals surface area contributed by atoms with Crippen molar-refractivity contribution in [3.05, 3.63) is 81.7 Å². The summed E-state index contributed by atoms with van der Waals surface area (Å²) in [7, 11) is 1.62. The van der Waals surface area contributed by atoms with E-state index in [1.165, 1.54) is 0 Å². The summed E-state index contributed by atoms with van der Waals surface area (Å²) in [5.41, 5.74) is 4.43. The van der Waals surface area contributed by atoms with Crippen LogP contribution in [0.4, 0.5) is 0 Å². The molecular formula is C27H23NO6. The molecule has 0 unspecified atom stereocenters. The monoisotopic (exact) mass is 457 g/mol. The number of hydrogen-bond donors (Lipinski definition) is 0. The third-order valence-electron chi connectivity index (χ3n) is 6.40. The largest absolute Gasteiger partial charge is 0.497 e. The van der Waals surface area contributed by atoms with E-state index < -0.39 is 0 Å². The first-order valence-corrected chi connectivity index (χ1v) is 11.1. The lowest BCUT2D eigenvalue weighted by Crippen LogP contribution is -2.31. The Kier molecular flexibility index (Phi) is 4.92. The highest BCUT2D eigenvalue weighted by Gasteiger charge is 2.24. The summed E-state index contributed by atoms with van der Waals surface area (Å²) in [6.07, 6.45) is 0. The number of rotatable bonds is 4. The van der Waals surface area contributed by atoms with E-state index in [2.05, 4.69) is 4.90 Å². The molecule has 0 amide bonds. The maximum atomic E-state index is 13.1. The Labute approximate surface area is 196 Å². The summed E-state index contributed by atoms with van der Waals surface area (Å²) in [6, 6.07) is 17.3. The Morgan fingerprint density at radius 1 is 0.941 bits per heavy atom. The molecule has 0 N–H and O–H groups in total. The summed E-state index contributed by atoms with van der Waals surface area (Å²) >= 11 is 0. The number of benzene rings is 3. The normalized spacial score (nSPS) is 14.6. The molecule has 0 saturated carbocycles. The van der Waals surface area contributed by atoms with Crippen LogP contribution in [0.2, 0.25) is 0 Å². The summed E-state index contributed by atoms with van der Waals surface area (Å²) in [5.74, 6) is 3.00. The van der Waals surface area contributed by atoms with Crippen molar-refractivity contribution < 1.29 is 23.4 Å². The van der Waals surface area contributed by atoms with Crippen molar-refractivity contribution in [3.8, 4) is 34.1 Å². The zero-order valence-electron chi connectivity index (χ0n) is 18.9. The topological polar surface area (TPSA) is 70.4 Å². The van der Waals surface area contributed by atoms with Gasteiger partial charge in [0.25, 0.3) is 0 Å². The second kappa shape index (κ2) is 8.11. The molecule has 3 aromatic carbocycles. The quantitative estimate of drug-likeness (QED) is 0.406. The van der Waals surface area contributed by atoms with E-state index in [1.54, 1.807) is 7.11 Å². The van der Waals surface area contributed by atoms with Gasteiger partial charge in [0.2, 0.25) is 6.79 Å². The van der Waals surface area contributed by atoms with Gasteiger partial charge in [-0.2, -0.15) is 0 Å². The highest BCUT2D eigenvalue weighted by atomic mass is 16.7. The lowest BCUT2D eigenvalue weighted by molar-refractivity contribution is 0.0889. The fraction of sp³-hybridized carbons (Fsp3) is 0.222. The molecule has 7 nitrogen and oxygen atoms in total. The number of aryl methyl sites for hydroxylation is 1. The van der Waals surface area contributed by atoms with Crippen molar-refractivity contribution in [1.29, 1.82) is 0 Å². The molecule has 1 aromatic heterocycles. The molecule has 0 radical (unpaired) electrons. The van der Waals surface area contributed by atoms with E-state index in [4.69, 9.17) is 23.4 Å². The molecular weight excluding hydrogens is 434 g/mol. The van der Waals surface area contributed by atoms with Crippen LogP contribution in [0.5, 0.6) is 23.0 Å². The SMILES string of the molecule is COc1ccc(-c2c(C)c3ccc4c(c3oc2=O)CN(Cc2ccc3c(c2)OCO3)CO4)cc1. The van der Waals surface area contributed by atoms with Crippen molar-refractivity contribution >= 4 is 11.0 Å². The van der Waals surface area contributed by atoms with Gasteiger partial charge in [-0.15, -0.1) is 0 Å². The number of nitrogens with zero attached hydrogens (tertiary/aromatic N) is 1. The van der Waals surface area contributed by atoms with Crippen molar-refractivity contribution in [2.24, 2.45) is 0 Å². The Balaban J connectivity index is 1.35. The van der Waals surface area contributed by atoms with Crippen LogP contribution in [-0.4, -0.2) is 25.5 Å². The molecule has 34 heavy (non-hydrogen) atoms.